The van der Waals surface area contributed by atoms with Gasteiger partial charge < -0.3 is 15.2 Å². The molecule has 5 heteroatoms. The van der Waals surface area contributed by atoms with Gasteiger partial charge >= 0.3 is 5.97 Å². The Hall–Kier alpha value is -1.10. The number of methoxy groups -OCH3 is 1. The van der Waals surface area contributed by atoms with E-state index in [1.54, 1.807) is 7.11 Å². The predicted octanol–water partition coefficient (Wildman–Crippen LogP) is 1.03. The van der Waals surface area contributed by atoms with Crippen molar-refractivity contribution in [3.8, 4) is 0 Å². The molecular weight excluding hydrogens is 210 g/mol. The van der Waals surface area contributed by atoms with Crippen molar-refractivity contribution in [1.29, 1.82) is 0 Å². The number of nitrogens with one attached hydrogen (secondary N) is 1. The summed E-state index contributed by atoms with van der Waals surface area (Å²) in [7, 11) is 1.57. The molecule has 0 aromatic carbocycles. The fraction of sp³-hybridized carbons (Fsp3) is 0.818. The zero-order chi connectivity index (χ0) is 12.6. The Kier molecular flexibility index (Phi) is 7.54. The molecule has 0 fully saturated rings. The second kappa shape index (κ2) is 8.10. The summed E-state index contributed by atoms with van der Waals surface area (Å²) >= 11 is 0. The van der Waals surface area contributed by atoms with E-state index >= 15 is 0 Å². The second-order valence-corrected chi connectivity index (χ2v) is 4.18. The van der Waals surface area contributed by atoms with Gasteiger partial charge in [0.1, 0.15) is 6.04 Å². The normalized spacial score (nSPS) is 12.5. The van der Waals surface area contributed by atoms with Gasteiger partial charge in [0.15, 0.2) is 0 Å². The number of carboxylic acids is 1. The molecular formula is C11H21NO4. The smallest absolute Gasteiger partial charge is 0.326 e. The van der Waals surface area contributed by atoms with Crippen LogP contribution in [0.1, 0.15) is 33.1 Å². The number of rotatable bonds is 8. The summed E-state index contributed by atoms with van der Waals surface area (Å²) in [6.07, 6.45) is 1.36. The van der Waals surface area contributed by atoms with Crippen LogP contribution in [0.5, 0.6) is 0 Å². The summed E-state index contributed by atoms with van der Waals surface area (Å²) in [4.78, 5) is 22.2. The topological polar surface area (TPSA) is 75.6 Å². The Morgan fingerprint density at radius 3 is 2.44 bits per heavy atom. The van der Waals surface area contributed by atoms with E-state index in [1.165, 1.54) is 0 Å². The van der Waals surface area contributed by atoms with E-state index in [-0.39, 0.29) is 11.8 Å². The molecule has 1 amide bonds. The summed E-state index contributed by atoms with van der Waals surface area (Å²) < 4.78 is 4.81. The SMILES string of the molecule is COCCCC(=O)NC(CC(C)C)C(=O)O. The monoisotopic (exact) mass is 231 g/mol. The van der Waals surface area contributed by atoms with Gasteiger partial charge in [-0.05, 0) is 18.8 Å². The minimum atomic E-state index is -0.978. The fourth-order valence-corrected chi connectivity index (χ4v) is 1.34. The molecule has 0 heterocycles. The lowest BCUT2D eigenvalue weighted by Crippen LogP contribution is -2.41. The van der Waals surface area contributed by atoms with Gasteiger partial charge in [0.05, 0.1) is 0 Å². The van der Waals surface area contributed by atoms with Crippen molar-refractivity contribution in [3.63, 3.8) is 0 Å². The maximum atomic E-state index is 11.4. The van der Waals surface area contributed by atoms with E-state index in [4.69, 9.17) is 9.84 Å². The zero-order valence-corrected chi connectivity index (χ0v) is 10.2. The van der Waals surface area contributed by atoms with Crippen LogP contribution in [0.3, 0.4) is 0 Å². The van der Waals surface area contributed by atoms with Gasteiger partial charge in [-0.25, -0.2) is 4.79 Å². The van der Waals surface area contributed by atoms with Crippen LogP contribution in [0.4, 0.5) is 0 Å². The highest BCUT2D eigenvalue weighted by Gasteiger charge is 2.20. The quantitative estimate of drug-likeness (QED) is 0.612. The largest absolute Gasteiger partial charge is 0.480 e. The maximum absolute atomic E-state index is 11.4. The van der Waals surface area contributed by atoms with Crippen molar-refractivity contribution in [2.45, 2.75) is 39.2 Å². The molecule has 0 rings (SSSR count). The number of carboxylic acid groups (broad SMARTS) is 1. The summed E-state index contributed by atoms with van der Waals surface area (Å²) in [5.41, 5.74) is 0. The summed E-state index contributed by atoms with van der Waals surface area (Å²) in [6.45, 7) is 4.36. The first-order chi connectivity index (χ1) is 7.47. The van der Waals surface area contributed by atoms with Crippen LogP contribution in [0.25, 0.3) is 0 Å². The van der Waals surface area contributed by atoms with Crippen LogP contribution in [0.2, 0.25) is 0 Å². The van der Waals surface area contributed by atoms with Gasteiger partial charge in [-0.2, -0.15) is 0 Å². The Balaban J connectivity index is 3.98. The maximum Gasteiger partial charge on any atom is 0.326 e. The molecule has 1 unspecified atom stereocenters. The Labute approximate surface area is 96.2 Å². The molecule has 94 valence electrons. The highest BCUT2D eigenvalue weighted by Crippen LogP contribution is 2.05. The van der Waals surface area contributed by atoms with Crippen molar-refractivity contribution in [1.82, 2.24) is 5.32 Å². The van der Waals surface area contributed by atoms with Gasteiger partial charge in [-0.3, -0.25) is 4.79 Å². The number of hydrogen-bond donors (Lipinski definition) is 2. The zero-order valence-electron chi connectivity index (χ0n) is 10.2. The molecule has 0 saturated carbocycles. The van der Waals surface area contributed by atoms with Crippen LogP contribution in [0, 0.1) is 5.92 Å². The standard InChI is InChI=1S/C11H21NO4/c1-8(2)7-9(11(14)15)12-10(13)5-4-6-16-3/h8-9H,4-7H2,1-3H3,(H,12,13)(H,14,15). The average Bonchev–Trinajstić information content (AvgIpc) is 2.16. The average molecular weight is 231 g/mol. The van der Waals surface area contributed by atoms with Crippen molar-refractivity contribution in [2.75, 3.05) is 13.7 Å². The number of amides is 1. The summed E-state index contributed by atoms with van der Waals surface area (Å²) in [5.74, 6) is -0.973. The Bertz CT molecular complexity index is 228. The third kappa shape index (κ3) is 7.23. The first kappa shape index (κ1) is 14.9. The van der Waals surface area contributed by atoms with Crippen LogP contribution >= 0.6 is 0 Å². The number of ether oxygens (including phenoxy) is 1. The number of carbonyl (C=O) groups is 2. The predicted molar refractivity (Wildman–Crippen MR) is 60.1 cm³/mol. The molecule has 1 atom stereocenters. The molecule has 0 aromatic heterocycles. The first-order valence-electron chi connectivity index (χ1n) is 5.48. The van der Waals surface area contributed by atoms with E-state index in [2.05, 4.69) is 5.32 Å². The molecule has 0 aliphatic rings. The van der Waals surface area contributed by atoms with Crippen LogP contribution in [-0.2, 0) is 14.3 Å². The first-order valence-corrected chi connectivity index (χ1v) is 5.48. The minimum absolute atomic E-state index is 0.231. The van der Waals surface area contributed by atoms with Gasteiger partial charge in [0.25, 0.3) is 0 Å². The third-order valence-electron chi connectivity index (χ3n) is 2.09. The minimum Gasteiger partial charge on any atom is -0.480 e. The lowest BCUT2D eigenvalue weighted by Gasteiger charge is -2.16. The molecule has 0 saturated heterocycles. The van der Waals surface area contributed by atoms with Crippen LogP contribution < -0.4 is 5.32 Å². The highest BCUT2D eigenvalue weighted by atomic mass is 16.5. The lowest BCUT2D eigenvalue weighted by atomic mass is 10.0. The fourth-order valence-electron chi connectivity index (χ4n) is 1.34. The molecule has 0 spiro atoms. The van der Waals surface area contributed by atoms with Gasteiger partial charge in [0.2, 0.25) is 5.91 Å². The van der Waals surface area contributed by atoms with E-state index < -0.39 is 12.0 Å². The molecule has 0 aliphatic heterocycles. The van der Waals surface area contributed by atoms with Crippen LogP contribution in [0.15, 0.2) is 0 Å². The lowest BCUT2D eigenvalue weighted by molar-refractivity contribution is -0.142. The molecule has 16 heavy (non-hydrogen) atoms. The van der Waals surface area contributed by atoms with E-state index in [1.807, 2.05) is 13.8 Å². The van der Waals surface area contributed by atoms with Crippen LogP contribution in [-0.4, -0.2) is 36.7 Å². The second-order valence-electron chi connectivity index (χ2n) is 4.18. The molecule has 0 aliphatic carbocycles. The van der Waals surface area contributed by atoms with Gasteiger partial charge in [0, 0.05) is 20.1 Å². The molecule has 5 nitrogen and oxygen atoms in total. The molecule has 0 aromatic rings. The van der Waals surface area contributed by atoms with Crippen molar-refractivity contribution in [3.05, 3.63) is 0 Å². The van der Waals surface area contributed by atoms with Crippen molar-refractivity contribution >= 4 is 11.9 Å². The van der Waals surface area contributed by atoms with Crippen molar-refractivity contribution < 1.29 is 19.4 Å². The number of hydrogen-bond acceptors (Lipinski definition) is 3. The van der Waals surface area contributed by atoms with E-state index in [9.17, 15) is 9.59 Å². The van der Waals surface area contributed by atoms with Crippen molar-refractivity contribution in [2.24, 2.45) is 5.92 Å². The molecule has 2 N–H and O–H groups in total. The Morgan fingerprint density at radius 2 is 2.00 bits per heavy atom. The molecule has 0 bridgehead atoms. The summed E-state index contributed by atoms with van der Waals surface area (Å²) in [6, 6.07) is -0.782. The summed E-state index contributed by atoms with van der Waals surface area (Å²) in [5, 5.41) is 11.4. The van der Waals surface area contributed by atoms with E-state index in [0.717, 1.165) is 0 Å². The highest BCUT2D eigenvalue weighted by molar-refractivity contribution is 5.83. The van der Waals surface area contributed by atoms with Gasteiger partial charge in [-0.15, -0.1) is 0 Å². The van der Waals surface area contributed by atoms with E-state index in [0.29, 0.717) is 25.9 Å². The van der Waals surface area contributed by atoms with Gasteiger partial charge in [-0.1, -0.05) is 13.8 Å². The molecule has 0 radical (unpaired) electrons. The number of aliphatic carboxylic acids is 1. The number of carbonyl (C=O) groups excluding carboxylic acids is 1. The third-order valence-corrected chi connectivity index (χ3v) is 2.09. The Morgan fingerprint density at radius 1 is 1.38 bits per heavy atom.